The van der Waals surface area contributed by atoms with Gasteiger partial charge in [0.25, 0.3) is 0 Å². The van der Waals surface area contributed by atoms with Gasteiger partial charge in [0.05, 0.1) is 0 Å². The van der Waals surface area contributed by atoms with Crippen LogP contribution in [0.4, 0.5) is 0 Å². The summed E-state index contributed by atoms with van der Waals surface area (Å²) in [5.41, 5.74) is 1.80. The van der Waals surface area contributed by atoms with Crippen LogP contribution in [0.3, 0.4) is 0 Å². The van der Waals surface area contributed by atoms with Crippen LogP contribution < -0.4 is 0 Å². The quantitative estimate of drug-likeness (QED) is 0.499. The average Bonchev–Trinajstić information content (AvgIpc) is 2.81. The number of ketones is 2. The maximum atomic E-state index is 13.7. The zero-order chi connectivity index (χ0) is 18.6. The minimum absolute atomic E-state index is 0.0853. The first-order valence-corrected chi connectivity index (χ1v) is 11.7. The molecule has 4 rings (SSSR count). The molecule has 0 heterocycles. The van der Waals surface area contributed by atoms with E-state index in [1.807, 2.05) is 0 Å². The molecule has 0 aliphatic heterocycles. The molecule has 4 aliphatic carbocycles. The van der Waals surface area contributed by atoms with E-state index in [0.717, 1.165) is 56.1 Å². The molecule has 0 aromatic carbocycles. The molecule has 4 unspecified atom stereocenters. The molecule has 0 aromatic heterocycles. The first kappa shape index (κ1) is 19.2. The molecule has 4 bridgehead atoms. The number of Topliss-reactive ketones (excluding diaryl/α,β-unsaturated/α-hetero) is 2. The van der Waals surface area contributed by atoms with Crippen molar-refractivity contribution in [3.05, 3.63) is 23.3 Å². The molecule has 0 aromatic rings. The van der Waals surface area contributed by atoms with E-state index in [1.165, 1.54) is 51.4 Å². The zero-order valence-corrected chi connectivity index (χ0v) is 16.9. The molecule has 2 saturated carbocycles. The third-order valence-corrected chi connectivity index (χ3v) is 7.64. The number of carbonyl (C=O) groups excluding carboxylic acids is 2. The van der Waals surface area contributed by atoms with E-state index in [-0.39, 0.29) is 11.8 Å². The molecule has 4 atom stereocenters. The summed E-state index contributed by atoms with van der Waals surface area (Å²) in [6, 6.07) is 0. The minimum Gasteiger partial charge on any atom is -0.294 e. The van der Waals surface area contributed by atoms with Gasteiger partial charge in [-0.2, -0.15) is 0 Å². The highest BCUT2D eigenvalue weighted by Gasteiger charge is 2.40. The van der Waals surface area contributed by atoms with Crippen LogP contribution in [0, 0.1) is 23.7 Å². The van der Waals surface area contributed by atoms with Crippen molar-refractivity contribution in [1.82, 2.24) is 0 Å². The molecule has 0 spiro atoms. The Hall–Kier alpha value is -1.18. The van der Waals surface area contributed by atoms with Crippen molar-refractivity contribution in [2.24, 2.45) is 23.7 Å². The predicted molar refractivity (Wildman–Crippen MR) is 109 cm³/mol. The third kappa shape index (κ3) is 4.30. The molecule has 2 nitrogen and oxygen atoms in total. The van der Waals surface area contributed by atoms with Gasteiger partial charge in [-0.1, -0.05) is 69.9 Å². The lowest BCUT2D eigenvalue weighted by Crippen LogP contribution is -2.23. The van der Waals surface area contributed by atoms with E-state index in [4.69, 9.17) is 0 Å². The van der Waals surface area contributed by atoms with Crippen LogP contribution in [0.5, 0.6) is 0 Å². The second kappa shape index (κ2) is 8.88. The Morgan fingerprint density at radius 1 is 0.593 bits per heavy atom. The predicted octanol–water partition coefficient (Wildman–Crippen LogP) is 6.35. The van der Waals surface area contributed by atoms with Crippen LogP contribution in [0.1, 0.15) is 96.3 Å². The molecular formula is C25H36O2. The summed E-state index contributed by atoms with van der Waals surface area (Å²) >= 11 is 0. The van der Waals surface area contributed by atoms with Gasteiger partial charge < -0.3 is 0 Å². The molecule has 4 aliphatic rings. The highest BCUT2D eigenvalue weighted by atomic mass is 16.1. The second-order valence-corrected chi connectivity index (χ2v) is 9.57. The third-order valence-electron chi connectivity index (χ3n) is 7.64. The molecule has 0 N–H and O–H groups in total. The zero-order valence-electron chi connectivity index (χ0n) is 16.9. The van der Waals surface area contributed by atoms with Crippen LogP contribution in [0.25, 0.3) is 0 Å². The highest BCUT2D eigenvalue weighted by molar-refractivity contribution is 6.11. The van der Waals surface area contributed by atoms with E-state index in [2.05, 4.69) is 12.2 Å². The van der Waals surface area contributed by atoms with Gasteiger partial charge in [-0.15, -0.1) is 0 Å². The van der Waals surface area contributed by atoms with Crippen LogP contribution in [0.2, 0.25) is 0 Å². The monoisotopic (exact) mass is 368 g/mol. The standard InChI is InChI=1S/C25H36O2/c26-24-20-12-8-4-5-9-13-21(17-20)25(27)23-19-11-7-3-1-2-6-10-18(16-19)14-15-22(23)24/h14-15,18-21H,1-13,16-17H2. The van der Waals surface area contributed by atoms with Crippen LogP contribution in [-0.4, -0.2) is 11.6 Å². The van der Waals surface area contributed by atoms with Gasteiger partial charge in [-0.05, 0) is 50.4 Å². The van der Waals surface area contributed by atoms with Gasteiger partial charge in [0.2, 0.25) is 0 Å². The summed E-state index contributed by atoms with van der Waals surface area (Å²) in [7, 11) is 0. The first-order valence-electron chi connectivity index (χ1n) is 11.7. The smallest absolute Gasteiger partial charge is 0.166 e. The van der Waals surface area contributed by atoms with Crippen molar-refractivity contribution in [3.63, 3.8) is 0 Å². The van der Waals surface area contributed by atoms with E-state index in [0.29, 0.717) is 23.4 Å². The number of hydrogen-bond acceptors (Lipinski definition) is 2. The Kier molecular flexibility index (Phi) is 6.30. The summed E-state index contributed by atoms with van der Waals surface area (Å²) in [5, 5.41) is 0. The van der Waals surface area contributed by atoms with Gasteiger partial charge in [0, 0.05) is 23.0 Å². The number of carbonyl (C=O) groups is 2. The van der Waals surface area contributed by atoms with E-state index < -0.39 is 0 Å². The van der Waals surface area contributed by atoms with Crippen molar-refractivity contribution >= 4 is 11.6 Å². The minimum atomic E-state index is 0.0853. The Bertz CT molecular complexity index is 626. The maximum absolute atomic E-state index is 13.7. The highest BCUT2D eigenvalue weighted by Crippen LogP contribution is 2.42. The second-order valence-electron chi connectivity index (χ2n) is 9.57. The fraction of sp³-hybridized carbons (Fsp3) is 0.760. The van der Waals surface area contributed by atoms with Crippen molar-refractivity contribution in [2.75, 3.05) is 0 Å². The number of allylic oxidation sites excluding steroid dienone is 4. The fourth-order valence-electron chi connectivity index (χ4n) is 6.09. The number of rotatable bonds is 0. The van der Waals surface area contributed by atoms with Gasteiger partial charge in [0.15, 0.2) is 11.6 Å². The molecular weight excluding hydrogens is 332 g/mol. The van der Waals surface area contributed by atoms with Gasteiger partial charge in [-0.25, -0.2) is 0 Å². The van der Waals surface area contributed by atoms with Crippen molar-refractivity contribution in [2.45, 2.75) is 96.3 Å². The lowest BCUT2D eigenvalue weighted by molar-refractivity contribution is -0.120. The van der Waals surface area contributed by atoms with E-state index in [1.54, 1.807) is 0 Å². The van der Waals surface area contributed by atoms with Gasteiger partial charge >= 0.3 is 0 Å². The summed E-state index contributed by atoms with van der Waals surface area (Å²) in [6.07, 6.45) is 21.8. The van der Waals surface area contributed by atoms with Gasteiger partial charge in [0.1, 0.15) is 0 Å². The number of hydrogen-bond donors (Lipinski definition) is 0. The van der Waals surface area contributed by atoms with Crippen LogP contribution in [0.15, 0.2) is 23.3 Å². The van der Waals surface area contributed by atoms with Crippen LogP contribution >= 0.6 is 0 Å². The maximum Gasteiger partial charge on any atom is 0.166 e. The van der Waals surface area contributed by atoms with E-state index >= 15 is 0 Å². The lowest BCUT2D eigenvalue weighted by atomic mass is 9.78. The Labute approximate surface area is 164 Å². The molecule has 0 radical (unpaired) electrons. The topological polar surface area (TPSA) is 34.1 Å². The summed E-state index contributed by atoms with van der Waals surface area (Å²) in [6.45, 7) is 0. The largest absolute Gasteiger partial charge is 0.294 e. The molecule has 2 heteroatoms. The molecule has 148 valence electrons. The molecule has 0 saturated heterocycles. The number of fused-ring (bicyclic) bond motifs is 5. The van der Waals surface area contributed by atoms with Crippen molar-refractivity contribution in [1.29, 1.82) is 0 Å². The SMILES string of the molecule is O=C1C2=C(C(=O)C3CCCCCCC1C3)C1CCCCCCCC(C=C2)C1. The normalized spacial score (nSPS) is 36.0. The fourth-order valence-corrected chi connectivity index (χ4v) is 6.09. The average molecular weight is 369 g/mol. The Morgan fingerprint density at radius 2 is 1.15 bits per heavy atom. The Morgan fingerprint density at radius 3 is 1.85 bits per heavy atom. The first-order chi connectivity index (χ1) is 13.2. The lowest BCUT2D eigenvalue weighted by Gasteiger charge is -2.25. The molecule has 0 amide bonds. The molecule has 27 heavy (non-hydrogen) atoms. The summed E-state index contributed by atoms with van der Waals surface area (Å²) in [4.78, 5) is 27.2. The Balaban J connectivity index is 1.72. The van der Waals surface area contributed by atoms with Crippen molar-refractivity contribution in [3.8, 4) is 0 Å². The van der Waals surface area contributed by atoms with Crippen LogP contribution in [-0.2, 0) is 9.59 Å². The molecule has 2 fully saturated rings. The van der Waals surface area contributed by atoms with E-state index in [9.17, 15) is 9.59 Å². The summed E-state index contributed by atoms with van der Waals surface area (Å²) in [5.74, 6) is 1.72. The van der Waals surface area contributed by atoms with Crippen molar-refractivity contribution < 1.29 is 9.59 Å². The summed E-state index contributed by atoms with van der Waals surface area (Å²) < 4.78 is 0. The van der Waals surface area contributed by atoms with Gasteiger partial charge in [-0.3, -0.25) is 9.59 Å².